The lowest BCUT2D eigenvalue weighted by molar-refractivity contribution is 0.449. The molecule has 0 atom stereocenters. The van der Waals surface area contributed by atoms with Gasteiger partial charge in [0.1, 0.15) is 5.76 Å². The zero-order valence-corrected chi connectivity index (χ0v) is 10.6. The molecule has 0 amide bonds. The summed E-state index contributed by atoms with van der Waals surface area (Å²) in [7, 11) is 0. The highest BCUT2D eigenvalue weighted by Gasteiger charge is 2.04. The molecule has 4 heteroatoms. The van der Waals surface area contributed by atoms with Crippen LogP contribution in [0.25, 0.3) is 0 Å². The maximum atomic E-state index is 5.49. The minimum absolute atomic E-state index is 0.686. The fraction of sp³-hybridized carbons (Fsp3) is 0.417. The molecular formula is C12H16N2OS. The van der Waals surface area contributed by atoms with Crippen LogP contribution in [0.2, 0.25) is 0 Å². The summed E-state index contributed by atoms with van der Waals surface area (Å²) >= 11 is 1.82. The van der Waals surface area contributed by atoms with Gasteiger partial charge in [0.25, 0.3) is 0 Å². The molecule has 2 rings (SSSR count). The molecule has 0 aliphatic heterocycles. The van der Waals surface area contributed by atoms with Crippen molar-refractivity contribution in [2.75, 3.05) is 0 Å². The minimum Gasteiger partial charge on any atom is -0.444 e. The molecule has 0 aromatic carbocycles. The maximum Gasteiger partial charge on any atom is 0.208 e. The van der Waals surface area contributed by atoms with E-state index in [4.69, 9.17) is 4.42 Å². The highest BCUT2D eigenvalue weighted by atomic mass is 32.1. The predicted octanol–water partition coefficient (Wildman–Crippen LogP) is 2.95. The Hall–Kier alpha value is -1.13. The number of hydrogen-bond acceptors (Lipinski definition) is 4. The molecule has 2 heterocycles. The standard InChI is InChI=1S/C12H16N2OS/c1-8-4-5-11(16-8)6-13-7-12-14-9(2)10(3)15-12/h4-5,13H,6-7H2,1-3H3. The van der Waals surface area contributed by atoms with Gasteiger partial charge in [0.05, 0.1) is 12.2 Å². The smallest absolute Gasteiger partial charge is 0.208 e. The van der Waals surface area contributed by atoms with Crippen LogP contribution in [0, 0.1) is 20.8 Å². The molecule has 0 unspecified atom stereocenters. The zero-order chi connectivity index (χ0) is 11.5. The Morgan fingerprint density at radius 2 is 2.06 bits per heavy atom. The first-order chi connectivity index (χ1) is 7.65. The molecule has 2 aromatic heterocycles. The van der Waals surface area contributed by atoms with Crippen molar-refractivity contribution in [3.63, 3.8) is 0 Å². The van der Waals surface area contributed by atoms with Crippen LogP contribution in [0.1, 0.15) is 27.1 Å². The van der Waals surface area contributed by atoms with E-state index in [2.05, 4.69) is 29.4 Å². The summed E-state index contributed by atoms with van der Waals surface area (Å²) in [5.74, 6) is 1.67. The van der Waals surface area contributed by atoms with Gasteiger partial charge in [-0.3, -0.25) is 0 Å². The molecule has 86 valence electrons. The number of aromatic nitrogens is 1. The lowest BCUT2D eigenvalue weighted by Crippen LogP contribution is -2.11. The van der Waals surface area contributed by atoms with Crippen molar-refractivity contribution in [3.8, 4) is 0 Å². The van der Waals surface area contributed by atoms with E-state index >= 15 is 0 Å². The maximum absolute atomic E-state index is 5.49. The van der Waals surface area contributed by atoms with Gasteiger partial charge in [-0.2, -0.15) is 0 Å². The first-order valence-electron chi connectivity index (χ1n) is 5.34. The van der Waals surface area contributed by atoms with Gasteiger partial charge < -0.3 is 9.73 Å². The second-order valence-electron chi connectivity index (χ2n) is 3.87. The van der Waals surface area contributed by atoms with Crippen LogP contribution in [0.4, 0.5) is 0 Å². The lowest BCUT2D eigenvalue weighted by atomic mass is 10.4. The number of aryl methyl sites for hydroxylation is 3. The van der Waals surface area contributed by atoms with E-state index in [1.165, 1.54) is 9.75 Å². The average molecular weight is 236 g/mol. The normalized spacial score (nSPS) is 10.9. The van der Waals surface area contributed by atoms with Crippen molar-refractivity contribution >= 4 is 11.3 Å². The Kier molecular flexibility index (Phi) is 3.41. The third kappa shape index (κ3) is 2.71. The van der Waals surface area contributed by atoms with E-state index in [9.17, 15) is 0 Å². The average Bonchev–Trinajstić information content (AvgIpc) is 2.75. The van der Waals surface area contributed by atoms with Crippen molar-refractivity contribution in [1.82, 2.24) is 10.3 Å². The van der Waals surface area contributed by atoms with E-state index < -0.39 is 0 Å². The Labute approximate surface area is 99.5 Å². The van der Waals surface area contributed by atoms with Crippen LogP contribution in [-0.4, -0.2) is 4.98 Å². The molecule has 0 fully saturated rings. The van der Waals surface area contributed by atoms with Gasteiger partial charge in [0, 0.05) is 16.3 Å². The molecule has 0 bridgehead atoms. The van der Waals surface area contributed by atoms with Gasteiger partial charge in [-0.25, -0.2) is 4.98 Å². The SMILES string of the molecule is Cc1ccc(CNCc2nc(C)c(C)o2)s1. The quantitative estimate of drug-likeness (QED) is 0.887. The monoisotopic (exact) mass is 236 g/mol. The van der Waals surface area contributed by atoms with Crippen LogP contribution in [0.5, 0.6) is 0 Å². The van der Waals surface area contributed by atoms with Crippen molar-refractivity contribution in [2.24, 2.45) is 0 Å². The lowest BCUT2D eigenvalue weighted by Gasteiger charge is -1.98. The molecule has 0 aliphatic rings. The molecule has 0 saturated carbocycles. The summed E-state index contributed by atoms with van der Waals surface area (Å²) in [6.45, 7) is 7.58. The molecule has 3 nitrogen and oxygen atoms in total. The van der Waals surface area contributed by atoms with E-state index in [0.29, 0.717) is 6.54 Å². The minimum atomic E-state index is 0.686. The van der Waals surface area contributed by atoms with Gasteiger partial charge >= 0.3 is 0 Å². The van der Waals surface area contributed by atoms with E-state index in [1.807, 2.05) is 25.2 Å². The van der Waals surface area contributed by atoms with Crippen molar-refractivity contribution in [3.05, 3.63) is 39.2 Å². The summed E-state index contributed by atoms with van der Waals surface area (Å²) in [6.07, 6.45) is 0. The zero-order valence-electron chi connectivity index (χ0n) is 9.83. The Morgan fingerprint density at radius 1 is 1.25 bits per heavy atom. The van der Waals surface area contributed by atoms with Crippen molar-refractivity contribution < 1.29 is 4.42 Å². The van der Waals surface area contributed by atoms with Crippen molar-refractivity contribution in [2.45, 2.75) is 33.9 Å². The first-order valence-corrected chi connectivity index (χ1v) is 6.16. The first kappa shape index (κ1) is 11.4. The molecule has 0 aliphatic carbocycles. The molecule has 16 heavy (non-hydrogen) atoms. The fourth-order valence-corrected chi connectivity index (χ4v) is 2.35. The van der Waals surface area contributed by atoms with Gasteiger partial charge in [-0.1, -0.05) is 0 Å². The van der Waals surface area contributed by atoms with E-state index in [1.54, 1.807) is 0 Å². The van der Waals surface area contributed by atoms with Gasteiger partial charge in [-0.15, -0.1) is 11.3 Å². The molecule has 0 spiro atoms. The number of nitrogens with zero attached hydrogens (tertiary/aromatic N) is 1. The molecule has 0 radical (unpaired) electrons. The van der Waals surface area contributed by atoms with Gasteiger partial charge in [0.2, 0.25) is 5.89 Å². The summed E-state index contributed by atoms with van der Waals surface area (Å²) in [5.41, 5.74) is 0.976. The predicted molar refractivity (Wildman–Crippen MR) is 65.6 cm³/mol. The molecule has 2 aromatic rings. The molecule has 0 saturated heterocycles. The van der Waals surface area contributed by atoms with Gasteiger partial charge in [-0.05, 0) is 32.9 Å². The molecular weight excluding hydrogens is 220 g/mol. The Morgan fingerprint density at radius 3 is 2.62 bits per heavy atom. The van der Waals surface area contributed by atoms with E-state index in [0.717, 1.165) is 23.9 Å². The summed E-state index contributed by atoms with van der Waals surface area (Å²) in [6, 6.07) is 4.29. The van der Waals surface area contributed by atoms with Crippen LogP contribution in [-0.2, 0) is 13.1 Å². The van der Waals surface area contributed by atoms with Crippen LogP contribution in [0.3, 0.4) is 0 Å². The highest BCUT2D eigenvalue weighted by Crippen LogP contribution is 2.14. The van der Waals surface area contributed by atoms with Gasteiger partial charge in [0.15, 0.2) is 0 Å². The summed E-state index contributed by atoms with van der Waals surface area (Å²) in [4.78, 5) is 7.01. The number of rotatable bonds is 4. The summed E-state index contributed by atoms with van der Waals surface area (Å²) < 4.78 is 5.49. The highest BCUT2D eigenvalue weighted by molar-refractivity contribution is 7.11. The topological polar surface area (TPSA) is 38.1 Å². The largest absolute Gasteiger partial charge is 0.444 e. The summed E-state index contributed by atoms with van der Waals surface area (Å²) in [5, 5.41) is 3.33. The van der Waals surface area contributed by atoms with Crippen LogP contribution in [0.15, 0.2) is 16.5 Å². The third-order valence-corrected chi connectivity index (χ3v) is 3.44. The fourth-order valence-electron chi connectivity index (χ4n) is 1.49. The number of hydrogen-bond donors (Lipinski definition) is 1. The van der Waals surface area contributed by atoms with Crippen LogP contribution < -0.4 is 5.32 Å². The number of nitrogens with one attached hydrogen (secondary N) is 1. The second kappa shape index (κ2) is 4.80. The Balaban J connectivity index is 1.84. The Bertz CT molecular complexity index is 454. The molecule has 1 N–H and O–H groups in total. The third-order valence-electron chi connectivity index (χ3n) is 2.44. The number of thiophene rings is 1. The second-order valence-corrected chi connectivity index (χ2v) is 5.24. The van der Waals surface area contributed by atoms with Crippen molar-refractivity contribution in [1.29, 1.82) is 0 Å². The van der Waals surface area contributed by atoms with Crippen LogP contribution >= 0.6 is 11.3 Å². The number of oxazole rings is 1. The van der Waals surface area contributed by atoms with E-state index in [-0.39, 0.29) is 0 Å².